The molecule has 1 spiro atoms. The molecule has 3 heteroatoms. The van der Waals surface area contributed by atoms with Gasteiger partial charge in [0.15, 0.2) is 0 Å². The summed E-state index contributed by atoms with van der Waals surface area (Å²) in [6.45, 7) is 0. The van der Waals surface area contributed by atoms with Crippen LogP contribution in [-0.2, 0) is 5.41 Å². The van der Waals surface area contributed by atoms with E-state index in [2.05, 4.69) is 146 Å². The highest BCUT2D eigenvalue weighted by Gasteiger charge is 2.71. The number of aromatic nitrogens is 3. The predicted octanol–water partition coefficient (Wildman–Crippen LogP) is 15.2. The highest BCUT2D eigenvalue weighted by atomic mass is 15.5. The van der Waals surface area contributed by atoms with Crippen molar-refractivity contribution >= 4 is 27.4 Å². The lowest BCUT2D eigenvalue weighted by Gasteiger charge is -2.57. The Labute approximate surface area is 377 Å². The van der Waals surface area contributed by atoms with Gasteiger partial charge in [0, 0.05) is 5.39 Å². The molecule has 1 heterocycles. The summed E-state index contributed by atoms with van der Waals surface area (Å²) in [5.74, 6) is 6.80. The van der Waals surface area contributed by atoms with Crippen molar-refractivity contribution < 1.29 is 0 Å². The Morgan fingerprint density at radius 3 is 1.81 bits per heavy atom. The molecule has 316 valence electrons. The number of benzene rings is 6. The SMILES string of the molecule is C1=CC(C23CC4CC5CC(C2)C5(C4)C3)CC=C1c1ccc(-c2ccc(-n3nc4cc(-c5ccc(-c6ccc(C78CC9CC(CC(C9)C7)C8)cc6)cc5)c5ccccc5c4n3)cc2)cc1. The van der Waals surface area contributed by atoms with E-state index in [0.29, 0.717) is 10.8 Å². The van der Waals surface area contributed by atoms with Gasteiger partial charge in [-0.05, 0) is 215 Å². The molecule has 6 unspecified atom stereocenters. The second-order valence-electron chi connectivity index (χ2n) is 22.8. The van der Waals surface area contributed by atoms with E-state index < -0.39 is 0 Å². The first-order chi connectivity index (χ1) is 31.4. The highest BCUT2D eigenvalue weighted by molar-refractivity contribution is 6.11. The lowest BCUT2D eigenvalue weighted by atomic mass is 9.48. The fourth-order valence-electron chi connectivity index (χ4n) is 17.2. The molecule has 9 aliphatic rings. The molecule has 8 fully saturated rings. The maximum atomic E-state index is 5.09. The van der Waals surface area contributed by atoms with Crippen molar-refractivity contribution in [3.8, 4) is 39.1 Å². The van der Waals surface area contributed by atoms with Crippen LogP contribution in [0.5, 0.6) is 0 Å². The van der Waals surface area contributed by atoms with E-state index in [0.717, 1.165) is 68.9 Å². The number of rotatable bonds is 7. The predicted molar refractivity (Wildman–Crippen MR) is 261 cm³/mol. The summed E-state index contributed by atoms with van der Waals surface area (Å²) in [4.78, 5) is 1.81. The van der Waals surface area contributed by atoms with Crippen LogP contribution in [-0.4, -0.2) is 15.0 Å². The molecule has 64 heavy (non-hydrogen) atoms. The fraction of sp³-hybridized carbons (Fsp3) is 0.377. The zero-order chi connectivity index (χ0) is 41.8. The number of hydrogen-bond donors (Lipinski definition) is 0. The van der Waals surface area contributed by atoms with Gasteiger partial charge < -0.3 is 0 Å². The van der Waals surface area contributed by atoms with Crippen molar-refractivity contribution in [3.05, 3.63) is 157 Å². The van der Waals surface area contributed by atoms with E-state index in [9.17, 15) is 0 Å². The van der Waals surface area contributed by atoms with Crippen molar-refractivity contribution in [1.29, 1.82) is 0 Å². The zero-order valence-electron chi connectivity index (χ0n) is 36.9. The minimum absolute atomic E-state index is 0.442. The van der Waals surface area contributed by atoms with Crippen LogP contribution in [0.3, 0.4) is 0 Å². The second-order valence-corrected chi connectivity index (χ2v) is 22.8. The van der Waals surface area contributed by atoms with Crippen molar-refractivity contribution in [3.63, 3.8) is 0 Å². The van der Waals surface area contributed by atoms with Gasteiger partial charge >= 0.3 is 0 Å². The molecule has 7 bridgehead atoms. The van der Waals surface area contributed by atoms with Crippen molar-refractivity contribution in [1.82, 2.24) is 15.0 Å². The summed E-state index contributed by atoms with van der Waals surface area (Å²) >= 11 is 0. The number of allylic oxidation sites excluding steroid dienone is 4. The molecular formula is C61H57N3. The Hall–Kier alpha value is -5.54. The van der Waals surface area contributed by atoms with E-state index in [1.165, 1.54) is 114 Å². The lowest BCUT2D eigenvalue weighted by Crippen LogP contribution is -2.48. The molecule has 1 aromatic heterocycles. The van der Waals surface area contributed by atoms with E-state index >= 15 is 0 Å². The van der Waals surface area contributed by atoms with Gasteiger partial charge in [-0.1, -0.05) is 127 Å². The van der Waals surface area contributed by atoms with Gasteiger partial charge in [-0.3, -0.25) is 0 Å². The quantitative estimate of drug-likeness (QED) is 0.160. The number of fused-ring (bicyclic) bond motifs is 5. The van der Waals surface area contributed by atoms with Gasteiger partial charge in [0.25, 0.3) is 0 Å². The van der Waals surface area contributed by atoms with Gasteiger partial charge in [-0.25, -0.2) is 0 Å². The number of hydrogen-bond acceptors (Lipinski definition) is 2. The molecule has 16 rings (SSSR count). The van der Waals surface area contributed by atoms with Crippen molar-refractivity contribution in [2.24, 2.45) is 52.3 Å². The van der Waals surface area contributed by atoms with Gasteiger partial charge in [-0.2, -0.15) is 4.80 Å². The third-order valence-electron chi connectivity index (χ3n) is 19.5. The Morgan fingerprint density at radius 2 is 1.14 bits per heavy atom. The molecule has 0 radical (unpaired) electrons. The summed E-state index contributed by atoms with van der Waals surface area (Å²) < 4.78 is 0. The molecular weight excluding hydrogens is 775 g/mol. The first-order valence-electron chi connectivity index (χ1n) is 25.0. The van der Waals surface area contributed by atoms with E-state index in [-0.39, 0.29) is 0 Å². The Morgan fingerprint density at radius 1 is 0.516 bits per heavy atom. The average molecular weight is 832 g/mol. The summed E-state index contributed by atoms with van der Waals surface area (Å²) in [6.07, 6.45) is 26.8. The molecule has 0 aliphatic heterocycles. The molecule has 9 aliphatic carbocycles. The summed E-state index contributed by atoms with van der Waals surface area (Å²) in [7, 11) is 0. The first-order valence-corrected chi connectivity index (χ1v) is 25.0. The van der Waals surface area contributed by atoms with Gasteiger partial charge in [0.2, 0.25) is 0 Å². The molecule has 3 nitrogen and oxygen atoms in total. The van der Waals surface area contributed by atoms with Crippen LogP contribution in [0.25, 0.3) is 66.4 Å². The summed E-state index contributed by atoms with van der Waals surface area (Å²) in [5, 5.41) is 12.5. The molecule has 0 amide bonds. The highest BCUT2D eigenvalue weighted by Crippen LogP contribution is 2.80. The summed E-state index contributed by atoms with van der Waals surface area (Å²) in [6, 6.07) is 47.7. The topological polar surface area (TPSA) is 30.7 Å². The van der Waals surface area contributed by atoms with Crippen LogP contribution in [0.1, 0.15) is 94.6 Å². The second kappa shape index (κ2) is 13.3. The normalized spacial score (nSPS) is 33.8. The number of nitrogens with zero attached hydrogens (tertiary/aromatic N) is 3. The minimum atomic E-state index is 0.442. The van der Waals surface area contributed by atoms with Crippen LogP contribution >= 0.6 is 0 Å². The molecule has 0 N–H and O–H groups in total. The molecule has 6 atom stereocenters. The average Bonchev–Trinajstić information content (AvgIpc) is 3.92. The summed E-state index contributed by atoms with van der Waals surface area (Å²) in [5.41, 5.74) is 16.3. The molecule has 8 saturated carbocycles. The molecule has 6 aromatic carbocycles. The van der Waals surface area contributed by atoms with Gasteiger partial charge in [-0.15, -0.1) is 10.2 Å². The van der Waals surface area contributed by atoms with Crippen LogP contribution in [0.2, 0.25) is 0 Å². The maximum Gasteiger partial charge on any atom is 0.121 e. The Kier molecular flexibility index (Phi) is 7.63. The zero-order valence-corrected chi connectivity index (χ0v) is 36.9. The van der Waals surface area contributed by atoms with Gasteiger partial charge in [0.1, 0.15) is 11.0 Å². The van der Waals surface area contributed by atoms with Crippen molar-refractivity contribution in [2.45, 2.75) is 88.9 Å². The lowest BCUT2D eigenvalue weighted by molar-refractivity contribution is -0.00519. The van der Waals surface area contributed by atoms with E-state index in [1.54, 1.807) is 24.8 Å². The van der Waals surface area contributed by atoms with Crippen LogP contribution in [0, 0.1) is 52.3 Å². The van der Waals surface area contributed by atoms with Crippen LogP contribution in [0.15, 0.2) is 146 Å². The Bertz CT molecular complexity index is 3040. The molecule has 7 aromatic rings. The minimum Gasteiger partial charge on any atom is -0.150 e. The fourth-order valence-corrected chi connectivity index (χ4v) is 17.2. The van der Waals surface area contributed by atoms with Gasteiger partial charge in [0.05, 0.1) is 5.69 Å². The smallest absolute Gasteiger partial charge is 0.121 e. The first kappa shape index (κ1) is 36.8. The third kappa shape index (κ3) is 5.39. The molecule has 0 saturated heterocycles. The van der Waals surface area contributed by atoms with E-state index in [4.69, 9.17) is 10.2 Å². The van der Waals surface area contributed by atoms with Crippen LogP contribution in [0.4, 0.5) is 0 Å². The van der Waals surface area contributed by atoms with Crippen LogP contribution < -0.4 is 0 Å². The largest absolute Gasteiger partial charge is 0.150 e. The standard InChI is InChI=1S/C61H57N3/c1-2-4-55-54(3-1)56(48-11-9-44(10-12-48)45-13-19-49(20-14-45)59-31-38-25-39(32-59)27-40(26-38)33-59)30-57-58(55)63-64(62-57)53-23-17-47(18-24-53)43-7-5-42(6-8-43)46-15-21-50(22-16-46)60-34-41-28-51-29-52(36-60)61(51,35-41)37-60/h1-21,23-24,30,38-41,50-52H,22,25-29,31-37H2. The third-order valence-corrected chi connectivity index (χ3v) is 19.5. The monoisotopic (exact) mass is 831 g/mol. The van der Waals surface area contributed by atoms with E-state index in [1.807, 2.05) is 4.80 Å². The maximum absolute atomic E-state index is 5.09. The van der Waals surface area contributed by atoms with Crippen molar-refractivity contribution in [2.75, 3.05) is 0 Å². The Balaban J connectivity index is 0.656.